The standard InChI is InChI=1S/C17H23N3O/c1-14(12-15-8-4-2-5-9-15)13-18-20-17(21)19-16-10-6-3-7-11-16/h2,4-5,8-9,12-13,16H,3,6-7,10-11H2,1H3,(H2,19,20,21). The molecule has 0 atom stereocenters. The van der Waals surface area contributed by atoms with Gasteiger partial charge in [-0.3, -0.25) is 0 Å². The molecule has 0 unspecified atom stereocenters. The van der Waals surface area contributed by atoms with Gasteiger partial charge in [0.2, 0.25) is 0 Å². The Hall–Kier alpha value is -2.10. The molecule has 1 aliphatic rings. The maximum absolute atomic E-state index is 11.7. The molecule has 2 N–H and O–H groups in total. The van der Waals surface area contributed by atoms with Crippen LogP contribution < -0.4 is 10.7 Å². The number of allylic oxidation sites excluding steroid dienone is 1. The van der Waals surface area contributed by atoms with Crippen LogP contribution in [0.3, 0.4) is 0 Å². The monoisotopic (exact) mass is 285 g/mol. The van der Waals surface area contributed by atoms with Gasteiger partial charge in [0.1, 0.15) is 0 Å². The Labute approximate surface area is 126 Å². The Morgan fingerprint density at radius 1 is 1.19 bits per heavy atom. The van der Waals surface area contributed by atoms with Crippen molar-refractivity contribution in [2.45, 2.75) is 45.1 Å². The SMILES string of the molecule is CC(C=NNC(=O)NC1CCCCC1)=Cc1ccccc1. The minimum absolute atomic E-state index is 0.217. The number of benzene rings is 1. The molecule has 1 fully saturated rings. The third-order valence-electron chi connectivity index (χ3n) is 3.57. The first kappa shape index (κ1) is 15.3. The fourth-order valence-electron chi connectivity index (χ4n) is 2.51. The fraction of sp³-hybridized carbons (Fsp3) is 0.412. The third-order valence-corrected chi connectivity index (χ3v) is 3.57. The van der Waals surface area contributed by atoms with E-state index < -0.39 is 0 Å². The number of hydrogen-bond donors (Lipinski definition) is 2. The first-order chi connectivity index (χ1) is 10.2. The fourth-order valence-corrected chi connectivity index (χ4v) is 2.51. The molecule has 1 aromatic carbocycles. The number of carbonyl (C=O) groups is 1. The molecule has 1 aliphatic carbocycles. The van der Waals surface area contributed by atoms with Crippen LogP contribution in [-0.2, 0) is 0 Å². The van der Waals surface area contributed by atoms with E-state index in [1.54, 1.807) is 6.21 Å². The van der Waals surface area contributed by atoms with Crippen LogP contribution in [0.4, 0.5) is 4.79 Å². The lowest BCUT2D eigenvalue weighted by Gasteiger charge is -2.22. The summed E-state index contributed by atoms with van der Waals surface area (Å²) in [5.74, 6) is 0. The van der Waals surface area contributed by atoms with Crippen LogP contribution in [0.1, 0.15) is 44.6 Å². The van der Waals surface area contributed by atoms with Gasteiger partial charge in [-0.2, -0.15) is 5.10 Å². The summed E-state index contributed by atoms with van der Waals surface area (Å²) in [6, 6.07) is 10.1. The van der Waals surface area contributed by atoms with Crippen LogP contribution in [0, 0.1) is 0 Å². The quantitative estimate of drug-likeness (QED) is 0.643. The van der Waals surface area contributed by atoms with Crippen LogP contribution in [0.5, 0.6) is 0 Å². The number of hydrazone groups is 1. The average Bonchev–Trinajstić information content (AvgIpc) is 2.49. The second-order valence-corrected chi connectivity index (χ2v) is 5.48. The summed E-state index contributed by atoms with van der Waals surface area (Å²) in [7, 11) is 0. The highest BCUT2D eigenvalue weighted by molar-refractivity contribution is 5.85. The van der Waals surface area contributed by atoms with Crippen molar-refractivity contribution < 1.29 is 4.79 Å². The normalized spacial score (nSPS) is 16.9. The second kappa shape index (κ2) is 8.25. The number of amides is 2. The van der Waals surface area contributed by atoms with Crippen molar-refractivity contribution in [1.29, 1.82) is 0 Å². The van der Waals surface area contributed by atoms with Gasteiger partial charge in [-0.1, -0.05) is 55.7 Å². The maximum Gasteiger partial charge on any atom is 0.335 e. The van der Waals surface area contributed by atoms with Crippen molar-refractivity contribution >= 4 is 18.3 Å². The Bertz CT molecular complexity index is 502. The molecule has 0 radical (unpaired) electrons. The van der Waals surface area contributed by atoms with Crippen LogP contribution in [0.15, 0.2) is 41.0 Å². The molecule has 1 aromatic rings. The molecular formula is C17H23N3O. The Morgan fingerprint density at radius 3 is 2.62 bits per heavy atom. The molecule has 112 valence electrons. The zero-order valence-electron chi connectivity index (χ0n) is 12.5. The van der Waals surface area contributed by atoms with Crippen molar-refractivity contribution in [3.05, 3.63) is 41.5 Å². The van der Waals surface area contributed by atoms with E-state index in [-0.39, 0.29) is 6.03 Å². The van der Waals surface area contributed by atoms with E-state index in [0.29, 0.717) is 6.04 Å². The number of hydrogen-bond acceptors (Lipinski definition) is 2. The predicted molar refractivity (Wildman–Crippen MR) is 87.1 cm³/mol. The lowest BCUT2D eigenvalue weighted by Crippen LogP contribution is -2.41. The molecule has 21 heavy (non-hydrogen) atoms. The van der Waals surface area contributed by atoms with Gasteiger partial charge in [0.05, 0.1) is 6.21 Å². The van der Waals surface area contributed by atoms with Gasteiger partial charge in [-0.15, -0.1) is 0 Å². The Kier molecular flexibility index (Phi) is 6.00. The number of urea groups is 1. The van der Waals surface area contributed by atoms with Crippen molar-refractivity contribution in [2.24, 2.45) is 5.10 Å². The molecule has 0 aliphatic heterocycles. The molecule has 2 rings (SSSR count). The molecular weight excluding hydrogens is 262 g/mol. The van der Waals surface area contributed by atoms with Gasteiger partial charge < -0.3 is 5.32 Å². The third kappa shape index (κ3) is 5.81. The van der Waals surface area contributed by atoms with E-state index in [2.05, 4.69) is 15.8 Å². The number of carbonyl (C=O) groups excluding carboxylic acids is 1. The lowest BCUT2D eigenvalue weighted by atomic mass is 9.96. The van der Waals surface area contributed by atoms with Crippen molar-refractivity contribution in [2.75, 3.05) is 0 Å². The summed E-state index contributed by atoms with van der Waals surface area (Å²) in [5, 5.41) is 6.94. The van der Waals surface area contributed by atoms with Gasteiger partial charge in [0.15, 0.2) is 0 Å². The first-order valence-electron chi connectivity index (χ1n) is 7.57. The van der Waals surface area contributed by atoms with Crippen molar-refractivity contribution in [1.82, 2.24) is 10.7 Å². The Morgan fingerprint density at radius 2 is 1.90 bits per heavy atom. The summed E-state index contributed by atoms with van der Waals surface area (Å²) >= 11 is 0. The summed E-state index contributed by atoms with van der Waals surface area (Å²) in [5.41, 5.74) is 4.63. The van der Waals surface area contributed by atoms with Crippen molar-refractivity contribution in [3.8, 4) is 0 Å². The van der Waals surface area contributed by atoms with E-state index >= 15 is 0 Å². The molecule has 1 saturated carbocycles. The molecule has 0 heterocycles. The van der Waals surface area contributed by atoms with E-state index in [4.69, 9.17) is 0 Å². The topological polar surface area (TPSA) is 53.5 Å². The van der Waals surface area contributed by atoms with E-state index in [0.717, 1.165) is 24.0 Å². The van der Waals surface area contributed by atoms with Gasteiger partial charge in [0, 0.05) is 6.04 Å². The first-order valence-corrected chi connectivity index (χ1v) is 7.57. The highest BCUT2D eigenvalue weighted by atomic mass is 16.2. The van der Waals surface area contributed by atoms with Crippen LogP contribution in [-0.4, -0.2) is 18.3 Å². The minimum Gasteiger partial charge on any atom is -0.334 e. The Balaban J connectivity index is 1.76. The van der Waals surface area contributed by atoms with Gasteiger partial charge in [-0.25, -0.2) is 10.2 Å². The smallest absolute Gasteiger partial charge is 0.334 e. The molecule has 4 nitrogen and oxygen atoms in total. The molecule has 0 bridgehead atoms. The van der Waals surface area contributed by atoms with Gasteiger partial charge in [0.25, 0.3) is 0 Å². The lowest BCUT2D eigenvalue weighted by molar-refractivity contribution is 0.233. The van der Waals surface area contributed by atoms with Crippen LogP contribution in [0.25, 0.3) is 6.08 Å². The summed E-state index contributed by atoms with van der Waals surface area (Å²) in [6.45, 7) is 1.96. The highest BCUT2D eigenvalue weighted by Crippen LogP contribution is 2.17. The number of rotatable bonds is 4. The van der Waals surface area contributed by atoms with E-state index in [1.165, 1.54) is 19.3 Å². The summed E-state index contributed by atoms with van der Waals surface area (Å²) in [6.07, 6.45) is 9.51. The number of nitrogens with zero attached hydrogens (tertiary/aromatic N) is 1. The largest absolute Gasteiger partial charge is 0.335 e. The van der Waals surface area contributed by atoms with Crippen molar-refractivity contribution in [3.63, 3.8) is 0 Å². The molecule has 0 saturated heterocycles. The van der Waals surface area contributed by atoms with Crippen LogP contribution >= 0.6 is 0 Å². The minimum atomic E-state index is -0.217. The van der Waals surface area contributed by atoms with E-state index in [9.17, 15) is 4.79 Å². The van der Waals surface area contributed by atoms with E-state index in [1.807, 2.05) is 43.3 Å². The average molecular weight is 285 g/mol. The summed E-state index contributed by atoms with van der Waals surface area (Å²) in [4.78, 5) is 11.7. The van der Waals surface area contributed by atoms with Gasteiger partial charge in [-0.05, 0) is 30.9 Å². The van der Waals surface area contributed by atoms with Crippen LogP contribution in [0.2, 0.25) is 0 Å². The molecule has 0 spiro atoms. The van der Waals surface area contributed by atoms with Gasteiger partial charge >= 0.3 is 6.03 Å². The zero-order valence-corrected chi connectivity index (χ0v) is 12.5. The maximum atomic E-state index is 11.7. The second-order valence-electron chi connectivity index (χ2n) is 5.48. The number of nitrogens with one attached hydrogen (secondary N) is 2. The predicted octanol–water partition coefficient (Wildman–Crippen LogP) is 3.71. The highest BCUT2D eigenvalue weighted by Gasteiger charge is 2.14. The molecule has 0 aromatic heterocycles. The zero-order chi connectivity index (χ0) is 14.9. The summed E-state index contributed by atoms with van der Waals surface area (Å²) < 4.78 is 0. The molecule has 2 amide bonds. The molecule has 4 heteroatoms.